The smallest absolute Gasteiger partial charge is 0.277 e. The molecule has 0 saturated carbocycles. The van der Waals surface area contributed by atoms with Gasteiger partial charge in [-0.2, -0.15) is 4.39 Å². The Bertz CT molecular complexity index is 733. The fourth-order valence-electron chi connectivity index (χ4n) is 2.93. The molecular weight excluding hydrogens is 285 g/mol. The summed E-state index contributed by atoms with van der Waals surface area (Å²) in [5.41, 5.74) is 0.321. The summed E-state index contributed by atoms with van der Waals surface area (Å²) in [7, 11) is 0. The van der Waals surface area contributed by atoms with Crippen molar-refractivity contribution < 1.29 is 14.3 Å². The van der Waals surface area contributed by atoms with Crippen LogP contribution in [0.3, 0.4) is 0 Å². The number of rotatable bonds is 2. The van der Waals surface area contributed by atoms with Crippen LogP contribution in [-0.2, 0) is 0 Å². The number of fused-ring (bicyclic) bond motifs is 1. The maximum atomic E-state index is 14.4. The van der Waals surface area contributed by atoms with Gasteiger partial charge in [0, 0.05) is 25.2 Å². The molecule has 1 N–H and O–H groups in total. The average Bonchev–Trinajstić information content (AvgIpc) is 3.04. The second-order valence-electron chi connectivity index (χ2n) is 6.58. The van der Waals surface area contributed by atoms with E-state index in [9.17, 15) is 14.3 Å². The standard InChI is InChI=1S/C16H20FN3O2/c1-10-4-5-12-18-13(14(17)20(12)8-10)15(21)19-7-6-11(9-19)16(2,3)22/h4-5,8,11,22H,6-7,9H2,1-3H3/t11-/m1/s1. The number of aryl methyl sites for hydroxylation is 1. The molecule has 6 heteroatoms. The second-order valence-corrected chi connectivity index (χ2v) is 6.58. The predicted molar refractivity (Wildman–Crippen MR) is 80.2 cm³/mol. The Morgan fingerprint density at radius 3 is 2.82 bits per heavy atom. The molecule has 1 aliphatic rings. The second kappa shape index (κ2) is 5.05. The molecule has 3 heterocycles. The number of amides is 1. The number of nitrogens with zero attached hydrogens (tertiary/aromatic N) is 3. The van der Waals surface area contributed by atoms with Crippen LogP contribution in [0, 0.1) is 18.8 Å². The summed E-state index contributed by atoms with van der Waals surface area (Å²) in [6.07, 6.45) is 2.33. The summed E-state index contributed by atoms with van der Waals surface area (Å²) in [5.74, 6) is -1.04. The molecule has 5 nitrogen and oxygen atoms in total. The molecule has 3 rings (SSSR count). The van der Waals surface area contributed by atoms with Gasteiger partial charge in [0.05, 0.1) is 5.60 Å². The highest BCUT2D eigenvalue weighted by atomic mass is 19.1. The van der Waals surface area contributed by atoms with E-state index in [0.29, 0.717) is 25.2 Å². The number of carbonyl (C=O) groups is 1. The van der Waals surface area contributed by atoms with Crippen LogP contribution in [0.25, 0.3) is 5.65 Å². The Kier molecular flexibility index (Phi) is 3.44. The fourth-order valence-corrected chi connectivity index (χ4v) is 2.93. The van der Waals surface area contributed by atoms with Gasteiger partial charge in [-0.05, 0) is 38.8 Å². The van der Waals surface area contributed by atoms with E-state index in [4.69, 9.17) is 0 Å². The fraction of sp³-hybridized carbons (Fsp3) is 0.500. The predicted octanol–water partition coefficient (Wildman–Crippen LogP) is 2.01. The number of pyridine rings is 1. The topological polar surface area (TPSA) is 57.8 Å². The van der Waals surface area contributed by atoms with Gasteiger partial charge >= 0.3 is 0 Å². The number of likely N-dealkylation sites (tertiary alicyclic amines) is 1. The van der Waals surface area contributed by atoms with E-state index < -0.39 is 17.5 Å². The molecule has 2 aromatic heterocycles. The van der Waals surface area contributed by atoms with E-state index in [1.54, 1.807) is 31.0 Å². The lowest BCUT2D eigenvalue weighted by Gasteiger charge is -2.25. The number of aliphatic hydroxyl groups is 1. The van der Waals surface area contributed by atoms with Gasteiger partial charge in [0.2, 0.25) is 5.95 Å². The summed E-state index contributed by atoms with van der Waals surface area (Å²) >= 11 is 0. The summed E-state index contributed by atoms with van der Waals surface area (Å²) in [6, 6.07) is 3.52. The largest absolute Gasteiger partial charge is 0.390 e. The van der Waals surface area contributed by atoms with Crippen LogP contribution < -0.4 is 0 Å². The van der Waals surface area contributed by atoms with Crippen molar-refractivity contribution in [3.05, 3.63) is 35.5 Å². The number of imidazole rings is 1. The third kappa shape index (κ3) is 2.47. The Balaban J connectivity index is 1.89. The average molecular weight is 305 g/mol. The molecule has 0 radical (unpaired) electrons. The van der Waals surface area contributed by atoms with Gasteiger partial charge < -0.3 is 10.0 Å². The van der Waals surface area contributed by atoms with Crippen molar-refractivity contribution in [3.8, 4) is 0 Å². The summed E-state index contributed by atoms with van der Waals surface area (Å²) < 4.78 is 15.7. The lowest BCUT2D eigenvalue weighted by Crippen LogP contribution is -2.35. The minimum atomic E-state index is -0.844. The molecule has 0 spiro atoms. The SMILES string of the molecule is Cc1ccc2nc(C(=O)N3CC[C@@H](C(C)(C)O)C3)c(F)n2c1. The zero-order valence-electron chi connectivity index (χ0n) is 13.0. The molecule has 1 saturated heterocycles. The highest BCUT2D eigenvalue weighted by Crippen LogP contribution is 2.28. The minimum absolute atomic E-state index is 0.00112. The summed E-state index contributed by atoms with van der Waals surface area (Å²) in [4.78, 5) is 18.2. The Morgan fingerprint density at radius 2 is 2.18 bits per heavy atom. The maximum absolute atomic E-state index is 14.4. The van der Waals surface area contributed by atoms with Gasteiger partial charge in [-0.3, -0.25) is 9.20 Å². The quantitative estimate of drug-likeness (QED) is 0.923. The van der Waals surface area contributed by atoms with Gasteiger partial charge in [0.15, 0.2) is 5.69 Å². The first-order valence-electron chi connectivity index (χ1n) is 7.43. The van der Waals surface area contributed by atoms with Crippen LogP contribution in [0.15, 0.2) is 18.3 Å². The monoisotopic (exact) mass is 305 g/mol. The molecule has 0 unspecified atom stereocenters. The van der Waals surface area contributed by atoms with Crippen molar-refractivity contribution in [3.63, 3.8) is 0 Å². The van der Waals surface area contributed by atoms with Crippen molar-refractivity contribution in [1.82, 2.24) is 14.3 Å². The van der Waals surface area contributed by atoms with Crippen LogP contribution in [0.4, 0.5) is 4.39 Å². The number of halogens is 1. The molecule has 1 fully saturated rings. The van der Waals surface area contributed by atoms with Crippen molar-refractivity contribution in [2.45, 2.75) is 32.8 Å². The summed E-state index contributed by atoms with van der Waals surface area (Å²) in [5, 5.41) is 10.1. The lowest BCUT2D eigenvalue weighted by atomic mass is 9.90. The van der Waals surface area contributed by atoms with Crippen molar-refractivity contribution in [2.75, 3.05) is 13.1 Å². The number of hydrogen-bond acceptors (Lipinski definition) is 3. The molecule has 118 valence electrons. The van der Waals surface area contributed by atoms with Crippen molar-refractivity contribution in [1.29, 1.82) is 0 Å². The molecule has 0 aromatic carbocycles. The van der Waals surface area contributed by atoms with Crippen LogP contribution in [0.1, 0.15) is 36.3 Å². The maximum Gasteiger partial charge on any atom is 0.277 e. The van der Waals surface area contributed by atoms with Gasteiger partial charge in [-0.1, -0.05) is 6.07 Å². The van der Waals surface area contributed by atoms with Crippen LogP contribution in [-0.4, -0.2) is 44.0 Å². The molecular formula is C16H20FN3O2. The highest BCUT2D eigenvalue weighted by Gasteiger charge is 2.37. The highest BCUT2D eigenvalue weighted by molar-refractivity contribution is 5.93. The Labute approximate surface area is 128 Å². The molecule has 0 aliphatic carbocycles. The minimum Gasteiger partial charge on any atom is -0.390 e. The van der Waals surface area contributed by atoms with Gasteiger partial charge in [-0.15, -0.1) is 0 Å². The third-order valence-corrected chi connectivity index (χ3v) is 4.39. The van der Waals surface area contributed by atoms with Gasteiger partial charge in [0.1, 0.15) is 5.65 Å². The van der Waals surface area contributed by atoms with Crippen LogP contribution >= 0.6 is 0 Å². The first kappa shape index (κ1) is 15.0. The number of carbonyl (C=O) groups excluding carboxylic acids is 1. The molecule has 2 aromatic rings. The van der Waals surface area contributed by atoms with Crippen molar-refractivity contribution in [2.24, 2.45) is 5.92 Å². The van der Waals surface area contributed by atoms with Gasteiger partial charge in [0.25, 0.3) is 5.91 Å². The molecule has 22 heavy (non-hydrogen) atoms. The zero-order chi connectivity index (χ0) is 16.1. The summed E-state index contributed by atoms with van der Waals surface area (Å²) in [6.45, 7) is 6.27. The lowest BCUT2D eigenvalue weighted by molar-refractivity contribution is 0.0210. The molecule has 1 aliphatic heterocycles. The number of aromatic nitrogens is 2. The van der Waals surface area contributed by atoms with Crippen LogP contribution in [0.2, 0.25) is 0 Å². The molecule has 0 bridgehead atoms. The Morgan fingerprint density at radius 1 is 1.45 bits per heavy atom. The zero-order valence-corrected chi connectivity index (χ0v) is 13.0. The van der Waals surface area contributed by atoms with Crippen molar-refractivity contribution >= 4 is 11.6 Å². The van der Waals surface area contributed by atoms with E-state index in [-0.39, 0.29) is 11.6 Å². The van der Waals surface area contributed by atoms with Crippen LogP contribution in [0.5, 0.6) is 0 Å². The third-order valence-electron chi connectivity index (χ3n) is 4.39. The van der Waals surface area contributed by atoms with E-state index in [0.717, 1.165) is 5.56 Å². The van der Waals surface area contributed by atoms with E-state index in [2.05, 4.69) is 4.98 Å². The molecule has 1 amide bonds. The van der Waals surface area contributed by atoms with E-state index >= 15 is 0 Å². The number of hydrogen-bond donors (Lipinski definition) is 1. The normalized spacial score (nSPS) is 19.1. The van der Waals surface area contributed by atoms with E-state index in [1.165, 1.54) is 4.40 Å². The Hall–Kier alpha value is -1.95. The first-order chi connectivity index (χ1) is 10.3. The molecule has 1 atom stereocenters. The van der Waals surface area contributed by atoms with Gasteiger partial charge in [-0.25, -0.2) is 4.98 Å². The first-order valence-corrected chi connectivity index (χ1v) is 7.43. The van der Waals surface area contributed by atoms with E-state index in [1.807, 2.05) is 13.0 Å².